The molecule has 0 saturated carbocycles. The second kappa shape index (κ2) is 9.93. The minimum absolute atomic E-state index is 1.23. The third-order valence-electron chi connectivity index (χ3n) is 9.20. The topological polar surface area (TPSA) is 0 Å². The summed E-state index contributed by atoms with van der Waals surface area (Å²) in [5, 5.41) is 5.19. The fraction of sp³-hybridized carbons (Fsp3) is 0. The van der Waals surface area contributed by atoms with Crippen molar-refractivity contribution < 1.29 is 0 Å². The highest BCUT2D eigenvalue weighted by Crippen LogP contribution is 2.48. The highest BCUT2D eigenvalue weighted by Gasteiger charge is 2.21. The van der Waals surface area contributed by atoms with Crippen LogP contribution in [0.4, 0.5) is 0 Å². The molecule has 0 saturated heterocycles. The number of rotatable bonds is 4. The molecule has 1 aliphatic rings. The van der Waals surface area contributed by atoms with Crippen LogP contribution in [0.3, 0.4) is 0 Å². The van der Waals surface area contributed by atoms with Crippen molar-refractivity contribution >= 4 is 21.5 Å². The van der Waals surface area contributed by atoms with Gasteiger partial charge in [-0.1, -0.05) is 146 Å². The van der Waals surface area contributed by atoms with Gasteiger partial charge < -0.3 is 0 Å². The summed E-state index contributed by atoms with van der Waals surface area (Å²) in [5.41, 5.74) is 15.3. The molecule has 0 aromatic heterocycles. The van der Waals surface area contributed by atoms with Crippen molar-refractivity contribution in [2.24, 2.45) is 0 Å². The first-order valence-electron chi connectivity index (χ1n) is 15.3. The molecule has 8 aromatic rings. The smallest absolute Gasteiger partial charge is 0.00259 e. The fourth-order valence-corrected chi connectivity index (χ4v) is 6.93. The average molecular weight is 557 g/mol. The predicted octanol–water partition coefficient (Wildman–Crippen LogP) is 12.3. The van der Waals surface area contributed by atoms with E-state index in [-0.39, 0.29) is 0 Å². The largest absolute Gasteiger partial charge is 0.0622 e. The van der Waals surface area contributed by atoms with Gasteiger partial charge in [0, 0.05) is 0 Å². The van der Waals surface area contributed by atoms with E-state index in [4.69, 9.17) is 0 Å². The lowest BCUT2D eigenvalue weighted by molar-refractivity contribution is 1.58. The van der Waals surface area contributed by atoms with E-state index >= 15 is 0 Å². The van der Waals surface area contributed by atoms with E-state index in [1.165, 1.54) is 88.3 Å². The van der Waals surface area contributed by atoms with E-state index in [1.54, 1.807) is 0 Å². The summed E-state index contributed by atoms with van der Waals surface area (Å²) in [6.07, 6.45) is 0. The molecule has 0 atom stereocenters. The van der Waals surface area contributed by atoms with Crippen molar-refractivity contribution in [1.82, 2.24) is 0 Å². The molecular formula is C44H28. The molecule has 0 heteroatoms. The second-order valence-corrected chi connectivity index (χ2v) is 11.8. The first-order valence-corrected chi connectivity index (χ1v) is 15.3. The van der Waals surface area contributed by atoms with E-state index in [0.717, 1.165) is 0 Å². The zero-order valence-corrected chi connectivity index (χ0v) is 24.2. The zero-order chi connectivity index (χ0) is 29.0. The Balaban J connectivity index is 1.02. The maximum absolute atomic E-state index is 2.38. The predicted molar refractivity (Wildman–Crippen MR) is 188 cm³/mol. The van der Waals surface area contributed by atoms with Crippen molar-refractivity contribution in [3.8, 4) is 66.8 Å². The fourth-order valence-electron chi connectivity index (χ4n) is 6.93. The van der Waals surface area contributed by atoms with Gasteiger partial charge in [0.2, 0.25) is 0 Å². The van der Waals surface area contributed by atoms with Gasteiger partial charge in [0.15, 0.2) is 0 Å². The lowest BCUT2D eigenvalue weighted by Gasteiger charge is -2.10. The third-order valence-corrected chi connectivity index (χ3v) is 9.20. The van der Waals surface area contributed by atoms with Crippen LogP contribution in [0.2, 0.25) is 0 Å². The molecule has 9 rings (SSSR count). The lowest BCUT2D eigenvalue weighted by atomic mass is 9.93. The highest BCUT2D eigenvalue weighted by atomic mass is 14.2. The molecule has 0 heterocycles. The van der Waals surface area contributed by atoms with Gasteiger partial charge in [-0.2, -0.15) is 0 Å². The van der Waals surface area contributed by atoms with Gasteiger partial charge >= 0.3 is 0 Å². The van der Waals surface area contributed by atoms with Gasteiger partial charge in [-0.25, -0.2) is 0 Å². The van der Waals surface area contributed by atoms with E-state index in [1.807, 2.05) is 0 Å². The molecular weight excluding hydrogens is 528 g/mol. The minimum atomic E-state index is 1.23. The Labute approximate surface area is 257 Å². The van der Waals surface area contributed by atoms with Crippen LogP contribution < -0.4 is 0 Å². The van der Waals surface area contributed by atoms with Crippen LogP contribution >= 0.6 is 0 Å². The second-order valence-electron chi connectivity index (χ2n) is 11.8. The molecule has 0 aliphatic heterocycles. The Morgan fingerprint density at radius 1 is 0.205 bits per heavy atom. The Bertz CT molecular complexity index is 2340. The number of hydrogen-bond acceptors (Lipinski definition) is 0. The van der Waals surface area contributed by atoms with Crippen molar-refractivity contribution in [2.75, 3.05) is 0 Å². The molecule has 0 spiro atoms. The maximum Gasteiger partial charge on any atom is -0.00259 e. The standard InChI is InChI=1S/C44H28/c1-2-7-29(8-3-1)30-13-15-31(16-14-30)32-17-19-33(20-18-32)34-21-22-36-26-37(24-23-35(36)25-34)39-27-38-9-6-12-42-40-10-4-5-11-41(40)43(28-39)44(38)42/h1-28H. The van der Waals surface area contributed by atoms with Gasteiger partial charge in [-0.3, -0.25) is 0 Å². The molecule has 0 nitrogen and oxygen atoms in total. The van der Waals surface area contributed by atoms with Crippen LogP contribution in [0, 0.1) is 0 Å². The summed E-state index contributed by atoms with van der Waals surface area (Å²) >= 11 is 0. The third kappa shape index (κ3) is 4.07. The van der Waals surface area contributed by atoms with E-state index in [2.05, 4.69) is 170 Å². The van der Waals surface area contributed by atoms with Gasteiger partial charge in [0.25, 0.3) is 0 Å². The molecule has 44 heavy (non-hydrogen) atoms. The molecule has 8 aromatic carbocycles. The monoisotopic (exact) mass is 556 g/mol. The summed E-state index contributed by atoms with van der Waals surface area (Å²) in [5.74, 6) is 0. The first kappa shape index (κ1) is 24.8. The molecule has 1 aliphatic carbocycles. The van der Waals surface area contributed by atoms with Gasteiger partial charge in [0.1, 0.15) is 0 Å². The van der Waals surface area contributed by atoms with Gasteiger partial charge in [-0.05, 0) is 113 Å². The number of hydrogen-bond donors (Lipinski definition) is 0. The Kier molecular flexibility index (Phi) is 5.61. The summed E-state index contributed by atoms with van der Waals surface area (Å²) in [6.45, 7) is 0. The van der Waals surface area contributed by atoms with Crippen LogP contribution in [-0.4, -0.2) is 0 Å². The summed E-state index contributed by atoms with van der Waals surface area (Å²) in [7, 11) is 0. The van der Waals surface area contributed by atoms with Gasteiger partial charge in [0.05, 0.1) is 0 Å². The summed E-state index contributed by atoms with van der Waals surface area (Å²) in [4.78, 5) is 0. The quantitative estimate of drug-likeness (QED) is 0.202. The number of benzene rings is 8. The molecule has 0 bridgehead atoms. The lowest BCUT2D eigenvalue weighted by Crippen LogP contribution is -1.84. The average Bonchev–Trinajstić information content (AvgIpc) is 3.43. The van der Waals surface area contributed by atoms with Crippen molar-refractivity contribution in [2.45, 2.75) is 0 Å². The summed E-state index contributed by atoms with van der Waals surface area (Å²) < 4.78 is 0. The van der Waals surface area contributed by atoms with Crippen molar-refractivity contribution in [3.63, 3.8) is 0 Å². The van der Waals surface area contributed by atoms with Crippen LogP contribution in [0.1, 0.15) is 0 Å². The molecule has 0 radical (unpaired) electrons. The Hall–Kier alpha value is -5.72. The molecule has 0 amide bonds. The first-order chi connectivity index (χ1) is 21.8. The van der Waals surface area contributed by atoms with E-state index in [0.29, 0.717) is 0 Å². The highest BCUT2D eigenvalue weighted by molar-refractivity contribution is 6.16. The normalized spacial score (nSPS) is 11.6. The van der Waals surface area contributed by atoms with E-state index < -0.39 is 0 Å². The van der Waals surface area contributed by atoms with Gasteiger partial charge in [-0.15, -0.1) is 0 Å². The van der Waals surface area contributed by atoms with Crippen LogP contribution in [0.15, 0.2) is 170 Å². The molecule has 0 unspecified atom stereocenters. The molecule has 0 N–H and O–H groups in total. The Morgan fingerprint density at radius 3 is 1.25 bits per heavy atom. The van der Waals surface area contributed by atoms with Crippen molar-refractivity contribution in [1.29, 1.82) is 0 Å². The van der Waals surface area contributed by atoms with Crippen molar-refractivity contribution in [3.05, 3.63) is 170 Å². The van der Waals surface area contributed by atoms with Crippen LogP contribution in [0.25, 0.3) is 88.3 Å². The molecule has 0 fully saturated rings. The molecule has 204 valence electrons. The maximum atomic E-state index is 2.38. The van der Waals surface area contributed by atoms with Crippen LogP contribution in [0.5, 0.6) is 0 Å². The number of fused-ring (bicyclic) bond motifs is 4. The zero-order valence-electron chi connectivity index (χ0n) is 24.2. The summed E-state index contributed by atoms with van der Waals surface area (Å²) in [6, 6.07) is 62.2. The van der Waals surface area contributed by atoms with E-state index in [9.17, 15) is 0 Å². The SMILES string of the molecule is c1ccc(-c2ccc(-c3ccc(-c4ccc5cc(-c6cc7c8c(cccc8c6)-c6ccccc6-7)ccc5c4)cc3)cc2)cc1. The Morgan fingerprint density at radius 2 is 0.636 bits per heavy atom. The minimum Gasteiger partial charge on any atom is -0.0622 e. The van der Waals surface area contributed by atoms with Crippen LogP contribution in [-0.2, 0) is 0 Å².